The Balaban J connectivity index is 0.000000202. The van der Waals surface area contributed by atoms with Crippen LogP contribution in [-0.4, -0.2) is 79.5 Å². The number of likely N-dealkylation sites (N-methyl/N-ethyl adjacent to an activating group) is 1. The predicted octanol–water partition coefficient (Wildman–Crippen LogP) is 4.84. The normalized spacial score (nSPS) is 15.1. The van der Waals surface area contributed by atoms with Crippen molar-refractivity contribution >= 4 is 18.3 Å². The number of nitrogens with one attached hydrogen (secondary N) is 1. The number of benzene rings is 1. The molecule has 1 aliphatic heterocycles. The first-order valence-electron chi connectivity index (χ1n) is 13.2. The molecule has 1 aromatic carbocycles. The number of piperazine rings is 1. The molecule has 1 fully saturated rings. The van der Waals surface area contributed by atoms with Crippen molar-refractivity contribution in [3.8, 4) is 11.3 Å². The number of aromatic amines is 1. The zero-order chi connectivity index (χ0) is 29.7. The van der Waals surface area contributed by atoms with E-state index in [4.69, 9.17) is 0 Å². The van der Waals surface area contributed by atoms with Crippen molar-refractivity contribution in [3.63, 3.8) is 0 Å². The van der Waals surface area contributed by atoms with Crippen molar-refractivity contribution in [2.75, 3.05) is 26.7 Å². The van der Waals surface area contributed by atoms with E-state index in [9.17, 15) is 14.0 Å². The molecule has 0 radical (unpaired) electrons. The van der Waals surface area contributed by atoms with Gasteiger partial charge >= 0.3 is 0 Å². The van der Waals surface area contributed by atoms with Gasteiger partial charge in [-0.1, -0.05) is 20.8 Å². The highest BCUT2D eigenvalue weighted by Crippen LogP contribution is 2.29. The first-order valence-corrected chi connectivity index (χ1v) is 13.2. The summed E-state index contributed by atoms with van der Waals surface area (Å²) in [7, 11) is 2.10. The number of nitrogens with zero attached hydrogens (tertiary/aromatic N) is 6. The Morgan fingerprint density at radius 1 is 1.07 bits per heavy atom. The van der Waals surface area contributed by atoms with E-state index in [0.717, 1.165) is 42.9 Å². The first-order chi connectivity index (χ1) is 18.7. The predicted molar refractivity (Wildman–Crippen MR) is 155 cm³/mol. The number of amides is 1. The summed E-state index contributed by atoms with van der Waals surface area (Å²) in [4.78, 5) is 29.9. The highest BCUT2D eigenvalue weighted by atomic mass is 19.1. The van der Waals surface area contributed by atoms with E-state index in [1.165, 1.54) is 17.7 Å². The summed E-state index contributed by atoms with van der Waals surface area (Å²) < 4.78 is 14.7. The maximum absolute atomic E-state index is 13.1. The molecule has 4 aromatic rings. The van der Waals surface area contributed by atoms with Crippen molar-refractivity contribution in [1.82, 2.24) is 34.6 Å². The lowest BCUT2D eigenvalue weighted by Gasteiger charge is -2.43. The third kappa shape index (κ3) is 7.59. The molecule has 1 aliphatic rings. The molecule has 3 aromatic heterocycles. The fourth-order valence-electron chi connectivity index (χ4n) is 4.14. The van der Waals surface area contributed by atoms with E-state index in [0.29, 0.717) is 23.3 Å². The van der Waals surface area contributed by atoms with Crippen molar-refractivity contribution in [2.45, 2.75) is 59.4 Å². The molecule has 40 heavy (non-hydrogen) atoms. The number of aldehydes is 1. The Kier molecular flexibility index (Phi) is 9.57. The van der Waals surface area contributed by atoms with Gasteiger partial charge in [-0.2, -0.15) is 10.2 Å². The van der Waals surface area contributed by atoms with Crippen molar-refractivity contribution in [1.29, 1.82) is 0 Å². The van der Waals surface area contributed by atoms with Crippen molar-refractivity contribution < 1.29 is 14.0 Å². The molecule has 0 unspecified atom stereocenters. The zero-order valence-corrected chi connectivity index (χ0v) is 24.7. The van der Waals surface area contributed by atoms with Gasteiger partial charge in [-0.25, -0.2) is 13.9 Å². The topological polar surface area (TPSA) is 99.5 Å². The molecular formula is C30H40FN7O2. The number of hydrogen-bond donors (Lipinski definition) is 1. The van der Waals surface area contributed by atoms with Crippen LogP contribution in [-0.2, 0) is 10.2 Å². The Labute approximate surface area is 235 Å². The van der Waals surface area contributed by atoms with Gasteiger partial charge in [0.2, 0.25) is 6.41 Å². The van der Waals surface area contributed by atoms with Crippen LogP contribution in [0.25, 0.3) is 16.9 Å². The fourth-order valence-corrected chi connectivity index (χ4v) is 4.14. The van der Waals surface area contributed by atoms with E-state index in [1.54, 1.807) is 22.8 Å². The number of carbonyl (C=O) groups is 2. The highest BCUT2D eigenvalue weighted by Gasteiger charge is 2.30. The van der Waals surface area contributed by atoms with Gasteiger partial charge in [-0.3, -0.25) is 19.6 Å². The Bertz CT molecular complexity index is 1420. The van der Waals surface area contributed by atoms with Gasteiger partial charge in [-0.05, 0) is 76.1 Å². The van der Waals surface area contributed by atoms with Crippen LogP contribution in [0.5, 0.6) is 0 Å². The Hall–Kier alpha value is -3.92. The summed E-state index contributed by atoms with van der Waals surface area (Å²) in [5, 5.41) is 11.1. The molecule has 9 nitrogen and oxygen atoms in total. The molecule has 1 N–H and O–H groups in total. The van der Waals surface area contributed by atoms with Gasteiger partial charge in [0.05, 0.1) is 18.1 Å². The molecule has 0 saturated carbocycles. The second-order valence-corrected chi connectivity index (χ2v) is 11.7. The molecule has 0 atom stereocenters. The molecule has 1 amide bonds. The number of carbonyl (C=O) groups excluding carboxylic acids is 2. The molecule has 4 heterocycles. The minimum atomic E-state index is -0.285. The zero-order valence-electron chi connectivity index (χ0n) is 24.7. The fraction of sp³-hybridized carbons (Fsp3) is 0.433. The largest absolute Gasteiger partial charge is 0.342 e. The van der Waals surface area contributed by atoms with Gasteiger partial charge in [-0.15, -0.1) is 0 Å². The number of rotatable bonds is 3. The Morgan fingerprint density at radius 2 is 1.75 bits per heavy atom. The van der Waals surface area contributed by atoms with Gasteiger partial charge < -0.3 is 4.90 Å². The van der Waals surface area contributed by atoms with Crippen LogP contribution in [0, 0.1) is 19.7 Å². The van der Waals surface area contributed by atoms with Crippen LogP contribution in [0.4, 0.5) is 4.39 Å². The summed E-state index contributed by atoms with van der Waals surface area (Å²) in [5.74, 6) is -0.285. The molecule has 10 heteroatoms. The second kappa shape index (κ2) is 12.5. The SMILES string of the molecule is CC(C)(C)c1cc(-c2ccc(F)cc2)nn2cc(C=O)nc12.CN1CCN(C=O)CC1(C)C.Cc1cn[nH]c1C. The minimum absolute atomic E-state index is 0.138. The van der Waals surface area contributed by atoms with Crippen LogP contribution < -0.4 is 0 Å². The minimum Gasteiger partial charge on any atom is -0.342 e. The van der Waals surface area contributed by atoms with Crippen molar-refractivity contribution in [3.05, 3.63) is 71.1 Å². The number of hydrogen-bond acceptors (Lipinski definition) is 6. The van der Waals surface area contributed by atoms with Crippen LogP contribution in [0.3, 0.4) is 0 Å². The van der Waals surface area contributed by atoms with Gasteiger partial charge in [0.15, 0.2) is 11.9 Å². The van der Waals surface area contributed by atoms with Gasteiger partial charge in [0, 0.05) is 42.0 Å². The molecule has 5 rings (SSSR count). The van der Waals surface area contributed by atoms with E-state index >= 15 is 0 Å². The second-order valence-electron chi connectivity index (χ2n) is 11.7. The van der Waals surface area contributed by atoms with Crippen LogP contribution in [0.1, 0.15) is 61.9 Å². The van der Waals surface area contributed by atoms with E-state index in [-0.39, 0.29) is 16.8 Å². The third-order valence-corrected chi connectivity index (χ3v) is 7.09. The molecule has 214 valence electrons. The summed E-state index contributed by atoms with van der Waals surface area (Å²) in [6, 6.07) is 8.14. The average molecular weight is 550 g/mol. The molecule has 0 aliphatic carbocycles. The first kappa shape index (κ1) is 30.6. The summed E-state index contributed by atoms with van der Waals surface area (Å²) in [5.41, 5.74) is 5.87. The smallest absolute Gasteiger partial charge is 0.209 e. The summed E-state index contributed by atoms with van der Waals surface area (Å²) in [6.07, 6.45) is 5.06. The van der Waals surface area contributed by atoms with E-state index in [1.807, 2.05) is 31.0 Å². The Morgan fingerprint density at radius 3 is 2.23 bits per heavy atom. The lowest BCUT2D eigenvalue weighted by Crippen LogP contribution is -2.57. The standard InChI is InChI=1S/C17H16FN3O.C8H16N2O.C5H8N2/c1-17(2,3)14-8-15(11-4-6-12(18)7-5-11)20-21-9-13(10-22)19-16(14)21;1-8(2)6-10(7-11)5-4-9(8)3;1-4-3-6-7-5(4)2/h4-10H,1-3H3;7H,4-6H2,1-3H3;3H,1-2H3,(H,6,7). The number of imidazole rings is 1. The van der Waals surface area contributed by atoms with Crippen LogP contribution in [0.15, 0.2) is 42.7 Å². The molecule has 0 bridgehead atoms. The van der Waals surface area contributed by atoms with Crippen LogP contribution in [0.2, 0.25) is 0 Å². The quantitative estimate of drug-likeness (QED) is 0.367. The lowest BCUT2D eigenvalue weighted by molar-refractivity contribution is -0.122. The number of H-pyrrole nitrogens is 1. The average Bonchev–Trinajstić information content (AvgIpc) is 3.50. The molecular weight excluding hydrogens is 509 g/mol. The van der Waals surface area contributed by atoms with E-state index < -0.39 is 0 Å². The highest BCUT2D eigenvalue weighted by molar-refractivity contribution is 5.74. The van der Waals surface area contributed by atoms with E-state index in [2.05, 4.69) is 66.8 Å². The monoisotopic (exact) mass is 549 g/mol. The lowest BCUT2D eigenvalue weighted by atomic mass is 9.87. The number of halogens is 1. The van der Waals surface area contributed by atoms with Gasteiger partial charge in [0.25, 0.3) is 0 Å². The van der Waals surface area contributed by atoms with Crippen molar-refractivity contribution in [2.24, 2.45) is 0 Å². The summed E-state index contributed by atoms with van der Waals surface area (Å²) in [6.45, 7) is 17.2. The molecule has 0 spiro atoms. The summed E-state index contributed by atoms with van der Waals surface area (Å²) >= 11 is 0. The maximum atomic E-state index is 13.1. The number of fused-ring (bicyclic) bond motifs is 1. The molecule has 1 saturated heterocycles. The maximum Gasteiger partial charge on any atom is 0.209 e. The number of aryl methyl sites for hydroxylation is 2. The third-order valence-electron chi connectivity index (χ3n) is 7.09. The van der Waals surface area contributed by atoms with Crippen LogP contribution >= 0.6 is 0 Å². The van der Waals surface area contributed by atoms with Gasteiger partial charge in [0.1, 0.15) is 11.5 Å². The number of aromatic nitrogens is 5.